The topological polar surface area (TPSA) is 140 Å². The average Bonchev–Trinajstić information content (AvgIpc) is 3.57. The number of aromatic nitrogens is 6. The fraction of sp³-hybridized carbons (Fsp3) is 0.346. The molecular formula is C26H26F3N9O3S. The number of carbonyl (C=O) groups excluding carboxylic acids is 2. The Labute approximate surface area is 241 Å². The molecule has 2 N–H and O–H groups in total. The molecule has 3 aromatic heterocycles. The minimum absolute atomic E-state index is 0.0958. The zero-order valence-corrected chi connectivity index (χ0v) is 23.2. The maximum absolute atomic E-state index is 12.5. The predicted octanol–water partition coefficient (Wildman–Crippen LogP) is 3.71. The molecule has 1 aromatic carbocycles. The Morgan fingerprint density at radius 2 is 1.86 bits per heavy atom. The molecule has 12 nitrogen and oxygen atoms in total. The minimum atomic E-state index is -4.81. The highest BCUT2D eigenvalue weighted by Gasteiger charge is 2.31. The van der Waals surface area contributed by atoms with Gasteiger partial charge in [-0.15, -0.1) is 33.6 Å². The van der Waals surface area contributed by atoms with E-state index < -0.39 is 18.0 Å². The van der Waals surface area contributed by atoms with Crippen molar-refractivity contribution in [2.45, 2.75) is 38.0 Å². The van der Waals surface area contributed by atoms with Crippen LogP contribution < -0.4 is 20.3 Å². The van der Waals surface area contributed by atoms with Gasteiger partial charge in [0.05, 0.1) is 19.0 Å². The predicted molar refractivity (Wildman–Crippen MR) is 147 cm³/mol. The quantitative estimate of drug-likeness (QED) is 0.294. The van der Waals surface area contributed by atoms with Crippen molar-refractivity contribution in [1.29, 1.82) is 0 Å². The molecule has 220 valence electrons. The van der Waals surface area contributed by atoms with Crippen molar-refractivity contribution in [1.82, 2.24) is 30.2 Å². The molecular weight excluding hydrogens is 575 g/mol. The summed E-state index contributed by atoms with van der Waals surface area (Å²) in [5.74, 6) is -0.105. The summed E-state index contributed by atoms with van der Waals surface area (Å²) in [6.07, 6.45) is 0.441. The van der Waals surface area contributed by atoms with Crippen molar-refractivity contribution in [3.8, 4) is 5.75 Å². The second-order valence-electron chi connectivity index (χ2n) is 9.67. The van der Waals surface area contributed by atoms with E-state index in [4.69, 9.17) is 0 Å². The highest BCUT2D eigenvalue weighted by molar-refractivity contribution is 7.15. The molecule has 1 aliphatic heterocycles. The van der Waals surface area contributed by atoms with Crippen LogP contribution in [0.5, 0.6) is 5.75 Å². The van der Waals surface area contributed by atoms with E-state index in [2.05, 4.69) is 45.8 Å². The average molecular weight is 602 g/mol. The number of anilines is 3. The van der Waals surface area contributed by atoms with Crippen LogP contribution in [0.4, 0.5) is 29.9 Å². The molecule has 4 aromatic rings. The fourth-order valence-corrected chi connectivity index (χ4v) is 5.42. The number of hydrogen-bond donors (Lipinski definition) is 2. The third-order valence-corrected chi connectivity index (χ3v) is 7.32. The number of hydrogen-bond acceptors (Lipinski definition) is 10. The summed E-state index contributed by atoms with van der Waals surface area (Å²) < 4.78 is 42.9. The van der Waals surface area contributed by atoms with Gasteiger partial charge in [0.2, 0.25) is 16.9 Å². The molecule has 42 heavy (non-hydrogen) atoms. The first-order valence-electron chi connectivity index (χ1n) is 12.9. The van der Waals surface area contributed by atoms with Gasteiger partial charge in [-0.1, -0.05) is 23.5 Å². The zero-order valence-electron chi connectivity index (χ0n) is 22.3. The molecule has 0 radical (unpaired) electrons. The van der Waals surface area contributed by atoms with Gasteiger partial charge < -0.3 is 20.3 Å². The summed E-state index contributed by atoms with van der Waals surface area (Å²) in [5.41, 5.74) is 1.16. The maximum Gasteiger partial charge on any atom is 0.573 e. The van der Waals surface area contributed by atoms with E-state index >= 15 is 0 Å². The number of carbonyl (C=O) groups is 2. The van der Waals surface area contributed by atoms with Crippen LogP contribution in [-0.4, -0.2) is 61.4 Å². The highest BCUT2D eigenvalue weighted by Crippen LogP contribution is 2.32. The zero-order chi connectivity index (χ0) is 29.7. The Bertz CT molecular complexity index is 1540. The van der Waals surface area contributed by atoms with E-state index in [9.17, 15) is 22.8 Å². The molecule has 0 aliphatic carbocycles. The summed E-state index contributed by atoms with van der Waals surface area (Å²) in [7, 11) is 1.79. The van der Waals surface area contributed by atoms with Gasteiger partial charge in [0.1, 0.15) is 10.8 Å². The molecule has 5 rings (SSSR count). The van der Waals surface area contributed by atoms with Crippen molar-refractivity contribution in [3.63, 3.8) is 0 Å². The van der Waals surface area contributed by atoms with Crippen LogP contribution in [0.1, 0.15) is 34.9 Å². The Morgan fingerprint density at radius 1 is 1.05 bits per heavy atom. The second kappa shape index (κ2) is 12.5. The molecule has 0 saturated carbocycles. The van der Waals surface area contributed by atoms with E-state index in [0.717, 1.165) is 42.1 Å². The highest BCUT2D eigenvalue weighted by atomic mass is 32.1. The summed E-state index contributed by atoms with van der Waals surface area (Å²) >= 11 is 1.35. The van der Waals surface area contributed by atoms with Crippen LogP contribution in [0.25, 0.3) is 0 Å². The van der Waals surface area contributed by atoms with E-state index in [1.54, 1.807) is 36.3 Å². The number of alkyl halides is 3. The molecule has 1 atom stereocenters. The smallest absolute Gasteiger partial charge is 0.406 e. The lowest BCUT2D eigenvalue weighted by atomic mass is 9.99. The van der Waals surface area contributed by atoms with Crippen molar-refractivity contribution < 1.29 is 27.5 Å². The molecule has 4 heterocycles. The monoisotopic (exact) mass is 601 g/mol. The third-order valence-electron chi connectivity index (χ3n) is 6.32. The first-order valence-corrected chi connectivity index (χ1v) is 13.8. The van der Waals surface area contributed by atoms with Crippen LogP contribution in [0.15, 0.2) is 48.8 Å². The van der Waals surface area contributed by atoms with Gasteiger partial charge >= 0.3 is 6.36 Å². The molecule has 2 amide bonds. The number of amides is 2. The van der Waals surface area contributed by atoms with E-state index in [-0.39, 0.29) is 30.5 Å². The standard InChI is InChI=1S/C26H26F3N9O3S/c1-37-14-17(13-30-37)12-23(40)32-25-36-35-24(42-25)18-5-3-9-38(15-18)21-8-7-20(33-34-21)31-22(39)11-16-4-2-6-19(10-16)41-26(27,28)29/h2,4,6-8,10,13-14,18H,3,5,9,11-12,15H2,1H3,(H,31,33,39)(H,32,36,40). The maximum atomic E-state index is 12.5. The Morgan fingerprint density at radius 3 is 2.60 bits per heavy atom. The molecule has 16 heteroatoms. The molecule has 0 bridgehead atoms. The van der Waals surface area contributed by atoms with Gasteiger partial charge in [-0.05, 0) is 48.2 Å². The first kappa shape index (κ1) is 28.9. The third kappa shape index (κ3) is 7.99. The van der Waals surface area contributed by atoms with Crippen molar-refractivity contribution in [2.75, 3.05) is 28.6 Å². The molecule has 0 spiro atoms. The molecule has 1 fully saturated rings. The number of ether oxygens (including phenoxy) is 1. The van der Waals surface area contributed by atoms with Crippen molar-refractivity contribution >= 4 is 39.9 Å². The van der Waals surface area contributed by atoms with Crippen LogP contribution >= 0.6 is 11.3 Å². The lowest BCUT2D eigenvalue weighted by Gasteiger charge is -2.32. The van der Waals surface area contributed by atoms with Crippen molar-refractivity contribution in [3.05, 3.63) is 64.9 Å². The number of rotatable bonds is 9. The van der Waals surface area contributed by atoms with Gasteiger partial charge in [0, 0.05) is 32.3 Å². The van der Waals surface area contributed by atoms with Crippen LogP contribution in [0.2, 0.25) is 0 Å². The normalized spacial score (nSPS) is 15.3. The van der Waals surface area contributed by atoms with Gasteiger partial charge in [-0.2, -0.15) is 5.10 Å². The number of halogens is 3. The van der Waals surface area contributed by atoms with E-state index in [1.807, 2.05) is 0 Å². The number of nitrogens with one attached hydrogen (secondary N) is 2. The fourth-order valence-electron chi connectivity index (χ4n) is 4.53. The SMILES string of the molecule is Cn1cc(CC(=O)Nc2nnc(C3CCCN(c4ccc(NC(=O)Cc5cccc(OC(F)(F)F)c5)nn4)C3)s2)cn1. The summed E-state index contributed by atoms with van der Waals surface area (Å²) in [6, 6.07) is 8.60. The number of benzene rings is 1. The van der Waals surface area contributed by atoms with Crippen molar-refractivity contribution in [2.24, 2.45) is 7.05 Å². The number of piperidine rings is 1. The lowest BCUT2D eigenvalue weighted by molar-refractivity contribution is -0.274. The molecule has 1 unspecified atom stereocenters. The minimum Gasteiger partial charge on any atom is -0.406 e. The lowest BCUT2D eigenvalue weighted by Crippen LogP contribution is -2.35. The van der Waals surface area contributed by atoms with Crippen LogP contribution in [0, 0.1) is 0 Å². The molecule has 1 aliphatic rings. The van der Waals surface area contributed by atoms with E-state index in [0.29, 0.717) is 23.1 Å². The Kier molecular flexibility index (Phi) is 8.61. The van der Waals surface area contributed by atoms with Gasteiger partial charge in [0.15, 0.2) is 11.6 Å². The Hall–Kier alpha value is -4.60. The Balaban J connectivity index is 1.13. The summed E-state index contributed by atoms with van der Waals surface area (Å²) in [5, 5.41) is 27.5. The van der Waals surface area contributed by atoms with Gasteiger partial charge in [-0.3, -0.25) is 14.3 Å². The van der Waals surface area contributed by atoms with E-state index in [1.165, 1.54) is 23.5 Å². The number of nitrogens with zero attached hydrogens (tertiary/aromatic N) is 7. The first-order chi connectivity index (χ1) is 20.1. The van der Waals surface area contributed by atoms with Gasteiger partial charge in [-0.25, -0.2) is 0 Å². The largest absolute Gasteiger partial charge is 0.573 e. The van der Waals surface area contributed by atoms with Gasteiger partial charge in [0.25, 0.3) is 0 Å². The summed E-state index contributed by atoms with van der Waals surface area (Å²) in [4.78, 5) is 26.9. The summed E-state index contributed by atoms with van der Waals surface area (Å²) in [6.45, 7) is 1.40. The number of aryl methyl sites for hydroxylation is 1. The van der Waals surface area contributed by atoms with Crippen LogP contribution in [-0.2, 0) is 29.5 Å². The van der Waals surface area contributed by atoms with Crippen LogP contribution in [0.3, 0.4) is 0 Å². The second-order valence-corrected chi connectivity index (χ2v) is 10.7. The molecule has 1 saturated heterocycles.